The van der Waals surface area contributed by atoms with Gasteiger partial charge in [0.15, 0.2) is 11.6 Å². The molecule has 0 amide bonds. The number of pyridine rings is 2. The van der Waals surface area contributed by atoms with E-state index in [1.165, 1.54) is 5.56 Å². The second-order valence-corrected chi connectivity index (χ2v) is 6.35. The van der Waals surface area contributed by atoms with Gasteiger partial charge in [-0.25, -0.2) is 9.97 Å². The van der Waals surface area contributed by atoms with E-state index < -0.39 is 0 Å². The number of imidazole rings is 1. The molecule has 1 fully saturated rings. The number of ether oxygens (including phenoxy) is 2. The van der Waals surface area contributed by atoms with Crippen LogP contribution < -0.4 is 10.5 Å². The van der Waals surface area contributed by atoms with Crippen molar-refractivity contribution in [1.29, 1.82) is 0 Å². The van der Waals surface area contributed by atoms with E-state index in [9.17, 15) is 0 Å². The van der Waals surface area contributed by atoms with Crippen LogP contribution in [0.1, 0.15) is 29.6 Å². The Balaban J connectivity index is 1.64. The van der Waals surface area contributed by atoms with Crippen molar-refractivity contribution in [3.05, 3.63) is 54.4 Å². The lowest BCUT2D eigenvalue weighted by molar-refractivity contribution is 0.0653. The highest BCUT2D eigenvalue weighted by atomic mass is 16.5. The summed E-state index contributed by atoms with van der Waals surface area (Å²) in [7, 11) is 1.58. The van der Waals surface area contributed by atoms with Crippen molar-refractivity contribution >= 4 is 5.82 Å². The summed E-state index contributed by atoms with van der Waals surface area (Å²) in [5.41, 5.74) is 8.83. The Morgan fingerprint density at radius 2 is 2.04 bits per heavy atom. The van der Waals surface area contributed by atoms with Crippen molar-refractivity contribution in [1.82, 2.24) is 19.9 Å². The van der Waals surface area contributed by atoms with Crippen molar-refractivity contribution in [2.75, 3.05) is 26.1 Å². The predicted molar refractivity (Wildman–Crippen MR) is 97.9 cm³/mol. The topological polar surface area (TPSA) is 98.9 Å². The van der Waals surface area contributed by atoms with Crippen molar-refractivity contribution in [3.63, 3.8) is 0 Å². The SMILES string of the molecule is COc1cc(-c2cnc(C3COCCC3c3ccncc3)[nH]2)cnc1N. The van der Waals surface area contributed by atoms with Crippen LogP contribution in [0, 0.1) is 0 Å². The van der Waals surface area contributed by atoms with Gasteiger partial charge in [0.2, 0.25) is 0 Å². The third-order valence-corrected chi connectivity index (χ3v) is 4.85. The normalized spacial score (nSPS) is 20.0. The van der Waals surface area contributed by atoms with Gasteiger partial charge in [0, 0.05) is 36.7 Å². The van der Waals surface area contributed by atoms with Crippen molar-refractivity contribution in [3.8, 4) is 17.0 Å². The lowest BCUT2D eigenvalue weighted by Crippen LogP contribution is -2.25. The minimum Gasteiger partial charge on any atom is -0.493 e. The Kier molecular flexibility index (Phi) is 4.53. The average Bonchev–Trinajstić information content (AvgIpc) is 3.19. The zero-order valence-corrected chi connectivity index (χ0v) is 14.6. The molecule has 3 aromatic heterocycles. The minimum atomic E-state index is 0.170. The molecule has 2 unspecified atom stereocenters. The Labute approximate surface area is 151 Å². The Hall–Kier alpha value is -2.93. The Bertz CT molecular complexity index is 881. The third-order valence-electron chi connectivity index (χ3n) is 4.85. The summed E-state index contributed by atoms with van der Waals surface area (Å²) in [4.78, 5) is 16.4. The molecule has 4 rings (SSSR count). The number of hydrogen-bond acceptors (Lipinski definition) is 6. The first-order chi connectivity index (χ1) is 12.8. The number of H-pyrrole nitrogens is 1. The van der Waals surface area contributed by atoms with Gasteiger partial charge in [-0.3, -0.25) is 4.98 Å². The molecular formula is C19H21N5O2. The molecule has 1 saturated heterocycles. The fraction of sp³-hybridized carbons (Fsp3) is 0.316. The molecule has 0 bridgehead atoms. The minimum absolute atomic E-state index is 0.170. The monoisotopic (exact) mass is 351 g/mol. The Morgan fingerprint density at radius 3 is 2.85 bits per heavy atom. The summed E-state index contributed by atoms with van der Waals surface area (Å²) >= 11 is 0. The molecule has 0 aromatic carbocycles. The average molecular weight is 351 g/mol. The lowest BCUT2D eigenvalue weighted by atomic mass is 9.82. The van der Waals surface area contributed by atoms with E-state index in [0.29, 0.717) is 24.1 Å². The van der Waals surface area contributed by atoms with Crippen LogP contribution in [-0.2, 0) is 4.74 Å². The van der Waals surface area contributed by atoms with Crippen LogP contribution in [0.2, 0.25) is 0 Å². The molecule has 1 aliphatic rings. The zero-order valence-electron chi connectivity index (χ0n) is 14.6. The lowest BCUT2D eigenvalue weighted by Gasteiger charge is -2.30. The van der Waals surface area contributed by atoms with Crippen molar-refractivity contribution in [2.45, 2.75) is 18.3 Å². The van der Waals surface area contributed by atoms with Gasteiger partial charge >= 0.3 is 0 Å². The summed E-state index contributed by atoms with van der Waals surface area (Å²) in [6.45, 7) is 1.40. The fourth-order valence-electron chi connectivity index (χ4n) is 3.45. The molecule has 7 heteroatoms. The van der Waals surface area contributed by atoms with Crippen molar-refractivity contribution < 1.29 is 9.47 Å². The van der Waals surface area contributed by atoms with Gasteiger partial charge in [-0.2, -0.15) is 0 Å². The number of aromatic amines is 1. The highest BCUT2D eigenvalue weighted by Crippen LogP contribution is 2.38. The van der Waals surface area contributed by atoms with Gasteiger partial charge in [-0.1, -0.05) is 0 Å². The second kappa shape index (κ2) is 7.13. The second-order valence-electron chi connectivity index (χ2n) is 6.35. The summed E-state index contributed by atoms with van der Waals surface area (Å²) in [5.74, 6) is 2.36. The van der Waals surface area contributed by atoms with Crippen LogP contribution in [0.5, 0.6) is 5.75 Å². The third kappa shape index (κ3) is 3.13. The summed E-state index contributed by atoms with van der Waals surface area (Å²) in [6.07, 6.45) is 8.17. The fourth-order valence-corrected chi connectivity index (χ4v) is 3.45. The van der Waals surface area contributed by atoms with Gasteiger partial charge in [0.1, 0.15) is 5.82 Å². The molecule has 26 heavy (non-hydrogen) atoms. The molecule has 0 radical (unpaired) electrons. The first-order valence-electron chi connectivity index (χ1n) is 8.58. The maximum absolute atomic E-state index is 5.80. The highest BCUT2D eigenvalue weighted by molar-refractivity contribution is 5.63. The van der Waals surface area contributed by atoms with Crippen LogP contribution >= 0.6 is 0 Å². The predicted octanol–water partition coefficient (Wildman–Crippen LogP) is 2.75. The molecule has 1 aliphatic heterocycles. The molecule has 4 heterocycles. The van der Waals surface area contributed by atoms with E-state index in [4.69, 9.17) is 15.2 Å². The first kappa shape index (κ1) is 16.5. The van der Waals surface area contributed by atoms with E-state index in [1.54, 1.807) is 13.3 Å². The van der Waals surface area contributed by atoms with Crippen LogP contribution in [0.25, 0.3) is 11.3 Å². The number of nitrogens with zero attached hydrogens (tertiary/aromatic N) is 3. The number of nitrogens with two attached hydrogens (primary N) is 1. The number of nitrogen functional groups attached to an aromatic ring is 1. The van der Waals surface area contributed by atoms with E-state index in [0.717, 1.165) is 30.1 Å². The largest absolute Gasteiger partial charge is 0.493 e. The number of nitrogens with one attached hydrogen (secondary N) is 1. The van der Waals surface area contributed by atoms with Crippen molar-refractivity contribution in [2.24, 2.45) is 0 Å². The summed E-state index contributed by atoms with van der Waals surface area (Å²) in [6, 6.07) is 6.00. The number of rotatable bonds is 4. The Morgan fingerprint density at radius 1 is 1.19 bits per heavy atom. The van der Waals surface area contributed by atoms with E-state index in [-0.39, 0.29) is 5.92 Å². The number of aromatic nitrogens is 4. The first-order valence-corrected chi connectivity index (χ1v) is 8.58. The summed E-state index contributed by atoms with van der Waals surface area (Å²) < 4.78 is 11.0. The van der Waals surface area contributed by atoms with E-state index >= 15 is 0 Å². The smallest absolute Gasteiger partial charge is 0.166 e. The molecule has 7 nitrogen and oxygen atoms in total. The molecule has 0 aliphatic carbocycles. The van der Waals surface area contributed by atoms with Crippen LogP contribution in [0.4, 0.5) is 5.82 Å². The van der Waals surface area contributed by atoms with Gasteiger partial charge in [0.05, 0.1) is 25.6 Å². The van der Waals surface area contributed by atoms with E-state index in [1.807, 2.05) is 24.7 Å². The molecule has 3 aromatic rings. The van der Waals surface area contributed by atoms with Crippen LogP contribution in [-0.4, -0.2) is 40.3 Å². The summed E-state index contributed by atoms with van der Waals surface area (Å²) in [5, 5.41) is 0. The maximum atomic E-state index is 5.80. The number of anilines is 1. The van der Waals surface area contributed by atoms with Crippen LogP contribution in [0.15, 0.2) is 43.0 Å². The highest BCUT2D eigenvalue weighted by Gasteiger charge is 2.30. The molecule has 2 atom stereocenters. The molecular weight excluding hydrogens is 330 g/mol. The zero-order chi connectivity index (χ0) is 17.9. The number of methoxy groups -OCH3 is 1. The molecule has 134 valence electrons. The maximum Gasteiger partial charge on any atom is 0.166 e. The molecule has 0 spiro atoms. The van der Waals surface area contributed by atoms with Gasteiger partial charge in [-0.15, -0.1) is 0 Å². The van der Waals surface area contributed by atoms with E-state index in [2.05, 4.69) is 32.1 Å². The van der Waals surface area contributed by atoms with Crippen LogP contribution in [0.3, 0.4) is 0 Å². The van der Waals surface area contributed by atoms with Gasteiger partial charge in [0.25, 0.3) is 0 Å². The van der Waals surface area contributed by atoms with Gasteiger partial charge in [-0.05, 0) is 36.1 Å². The molecule has 3 N–H and O–H groups in total. The van der Waals surface area contributed by atoms with Gasteiger partial charge < -0.3 is 20.2 Å². The molecule has 0 saturated carbocycles. The quantitative estimate of drug-likeness (QED) is 0.750. The number of hydrogen-bond donors (Lipinski definition) is 2. The standard InChI is InChI=1S/C19H21N5O2/c1-25-17-8-13(9-22-18(17)20)16-10-23-19(24-16)15-11-26-7-4-14(15)12-2-5-21-6-3-12/h2-3,5-6,8-10,14-15H,4,7,11H2,1H3,(H2,20,22)(H,23,24).